The van der Waals surface area contributed by atoms with Crippen LogP contribution in [0.4, 0.5) is 0 Å². The molecule has 5 nitrogen and oxygen atoms in total. The van der Waals surface area contributed by atoms with Crippen LogP contribution in [0.2, 0.25) is 0 Å². The van der Waals surface area contributed by atoms with Crippen molar-refractivity contribution >= 4 is 10.1 Å². The SMILES string of the molecule is N=C(/C=C\[C](=[V])C1=CCNC1)[N+](=O)[O-]. The van der Waals surface area contributed by atoms with Crippen molar-refractivity contribution in [2.75, 3.05) is 13.1 Å². The number of hydrogen-bond acceptors (Lipinski definition) is 4. The van der Waals surface area contributed by atoms with Crippen molar-refractivity contribution in [2.45, 2.75) is 0 Å². The van der Waals surface area contributed by atoms with Gasteiger partial charge in [-0.1, -0.05) is 0 Å². The summed E-state index contributed by atoms with van der Waals surface area (Å²) in [5, 5.41) is 20.2. The Morgan fingerprint density at radius 3 is 2.93 bits per heavy atom. The number of allylic oxidation sites excluding steroid dienone is 1. The minimum absolute atomic E-state index is 0.597. The molecular formula is C8H9N3O2V. The Bertz CT molecular complexity index is 346. The average Bonchev–Trinajstić information content (AvgIpc) is 2.66. The first-order valence-corrected chi connectivity index (χ1v) is 4.68. The molecule has 0 bridgehead atoms. The number of nitrogens with zero attached hydrogens (tertiary/aromatic N) is 1. The van der Waals surface area contributed by atoms with E-state index in [-0.39, 0.29) is 0 Å². The summed E-state index contributed by atoms with van der Waals surface area (Å²) in [7, 11) is 0. The molecule has 0 atom stereocenters. The minimum atomic E-state index is -0.724. The Morgan fingerprint density at radius 1 is 1.71 bits per heavy atom. The Labute approximate surface area is 90.0 Å². The van der Waals surface area contributed by atoms with Crippen molar-refractivity contribution in [3.8, 4) is 0 Å². The molecule has 1 aliphatic rings. The first-order chi connectivity index (χ1) is 6.61. The van der Waals surface area contributed by atoms with Gasteiger partial charge in [-0.2, -0.15) is 0 Å². The normalized spacial score (nSPS) is 15.5. The maximum atomic E-state index is 10.1. The van der Waals surface area contributed by atoms with Gasteiger partial charge in [-0.15, -0.1) is 0 Å². The molecule has 2 N–H and O–H groups in total. The second kappa shape index (κ2) is 5.00. The van der Waals surface area contributed by atoms with E-state index in [0.717, 1.165) is 22.9 Å². The van der Waals surface area contributed by atoms with Crippen molar-refractivity contribution in [1.29, 1.82) is 5.41 Å². The zero-order valence-electron chi connectivity index (χ0n) is 7.36. The molecule has 1 heterocycles. The van der Waals surface area contributed by atoms with Crippen LogP contribution in [0.25, 0.3) is 0 Å². The third kappa shape index (κ3) is 3.03. The van der Waals surface area contributed by atoms with Crippen molar-refractivity contribution in [2.24, 2.45) is 0 Å². The molecule has 0 fully saturated rings. The van der Waals surface area contributed by atoms with E-state index in [1.165, 1.54) is 6.08 Å². The number of amidine groups is 1. The summed E-state index contributed by atoms with van der Waals surface area (Å²) >= 11 is 2.35. The summed E-state index contributed by atoms with van der Waals surface area (Å²) in [5.41, 5.74) is 1.11. The molecule has 0 saturated heterocycles. The van der Waals surface area contributed by atoms with Gasteiger partial charge in [0.05, 0.1) is 0 Å². The van der Waals surface area contributed by atoms with Crippen LogP contribution in [0.3, 0.4) is 0 Å². The van der Waals surface area contributed by atoms with E-state index in [0.29, 0.717) is 0 Å². The van der Waals surface area contributed by atoms with E-state index in [9.17, 15) is 10.1 Å². The molecule has 73 valence electrons. The van der Waals surface area contributed by atoms with Crippen LogP contribution in [0.5, 0.6) is 0 Å². The first-order valence-electron chi connectivity index (χ1n) is 3.98. The van der Waals surface area contributed by atoms with Gasteiger partial charge in [0.15, 0.2) is 0 Å². The first kappa shape index (κ1) is 11.0. The second-order valence-electron chi connectivity index (χ2n) is 2.72. The molecule has 0 radical (unpaired) electrons. The fourth-order valence-electron chi connectivity index (χ4n) is 0.995. The number of hydrogen-bond donors (Lipinski definition) is 2. The van der Waals surface area contributed by atoms with Crippen molar-refractivity contribution < 1.29 is 21.9 Å². The number of nitrogens with one attached hydrogen (secondary N) is 2. The molecule has 0 unspecified atom stereocenters. The zero-order valence-corrected chi connectivity index (χ0v) is 8.75. The fraction of sp³-hybridized carbons (Fsp3) is 0.250. The fourth-order valence-corrected chi connectivity index (χ4v) is 1.38. The van der Waals surface area contributed by atoms with Crippen molar-refractivity contribution in [1.82, 2.24) is 5.32 Å². The van der Waals surface area contributed by atoms with Gasteiger partial charge in [-0.05, 0) is 0 Å². The van der Waals surface area contributed by atoms with E-state index >= 15 is 0 Å². The van der Waals surface area contributed by atoms with Crippen molar-refractivity contribution in [3.63, 3.8) is 0 Å². The summed E-state index contributed by atoms with van der Waals surface area (Å²) in [6, 6.07) is 0. The Hall–Kier alpha value is -1.04. The number of rotatable bonds is 3. The van der Waals surface area contributed by atoms with E-state index in [1.54, 1.807) is 6.08 Å². The van der Waals surface area contributed by atoms with E-state index in [2.05, 4.69) is 22.3 Å². The van der Waals surface area contributed by atoms with Gasteiger partial charge in [0.2, 0.25) is 0 Å². The van der Waals surface area contributed by atoms with Gasteiger partial charge in [0.25, 0.3) is 0 Å². The quantitative estimate of drug-likeness (QED) is 0.311. The summed E-state index contributed by atoms with van der Waals surface area (Å²) in [5.74, 6) is -0.597. The Balaban J connectivity index is 2.56. The molecule has 0 aromatic heterocycles. The van der Waals surface area contributed by atoms with Crippen LogP contribution in [0, 0.1) is 15.5 Å². The summed E-state index contributed by atoms with van der Waals surface area (Å²) in [6.07, 6.45) is 4.78. The van der Waals surface area contributed by atoms with Crippen LogP contribution in [-0.4, -0.2) is 28.1 Å². The van der Waals surface area contributed by atoms with E-state index in [1.807, 2.05) is 6.08 Å². The predicted octanol–water partition coefficient (Wildman–Crippen LogP) is 0.0454. The standard InChI is InChI=1S/C8H9N3O2.V/c9-8(11(12)13)3-1-2-7-4-5-10-6-7;/h1,3-4,9-10H,5-6H2;/b3-1-,9-8?;. The van der Waals surface area contributed by atoms with E-state index < -0.39 is 10.8 Å². The maximum absolute atomic E-state index is 10.1. The van der Waals surface area contributed by atoms with Crippen molar-refractivity contribution in [3.05, 3.63) is 33.9 Å². The molecule has 0 spiro atoms. The summed E-state index contributed by atoms with van der Waals surface area (Å²) in [4.78, 5) is 9.40. The molecule has 14 heavy (non-hydrogen) atoms. The van der Waals surface area contributed by atoms with E-state index in [4.69, 9.17) is 5.41 Å². The third-order valence-electron chi connectivity index (χ3n) is 1.73. The third-order valence-corrected chi connectivity index (χ3v) is 2.41. The molecule has 1 aliphatic heterocycles. The molecule has 0 amide bonds. The van der Waals surface area contributed by atoms with Gasteiger partial charge >= 0.3 is 89.7 Å². The molecule has 6 heteroatoms. The van der Waals surface area contributed by atoms with Gasteiger partial charge in [-0.25, -0.2) is 0 Å². The summed E-state index contributed by atoms with van der Waals surface area (Å²) in [6.45, 7) is 1.61. The van der Waals surface area contributed by atoms with Crippen LogP contribution in [0.15, 0.2) is 23.8 Å². The van der Waals surface area contributed by atoms with Crippen LogP contribution >= 0.6 is 0 Å². The Kier molecular flexibility index (Phi) is 3.94. The second-order valence-corrected chi connectivity index (χ2v) is 3.47. The van der Waals surface area contributed by atoms with Gasteiger partial charge in [0.1, 0.15) is 0 Å². The zero-order chi connectivity index (χ0) is 10.6. The topological polar surface area (TPSA) is 79.0 Å². The number of nitro groups is 1. The monoisotopic (exact) mass is 230 g/mol. The van der Waals surface area contributed by atoms with Gasteiger partial charge in [0, 0.05) is 0 Å². The van der Waals surface area contributed by atoms with Crippen LogP contribution < -0.4 is 5.32 Å². The predicted molar refractivity (Wildman–Crippen MR) is 49.8 cm³/mol. The van der Waals surface area contributed by atoms with Crippen LogP contribution in [0.1, 0.15) is 0 Å². The summed E-state index contributed by atoms with van der Waals surface area (Å²) < 4.78 is 0.897. The molecular weight excluding hydrogens is 221 g/mol. The molecule has 1 rings (SSSR count). The van der Waals surface area contributed by atoms with Gasteiger partial charge < -0.3 is 0 Å². The molecule has 0 aliphatic carbocycles. The Morgan fingerprint density at radius 2 is 2.43 bits per heavy atom. The molecule has 0 aromatic rings. The molecule has 0 saturated carbocycles. The average molecular weight is 230 g/mol. The van der Waals surface area contributed by atoms with Gasteiger partial charge in [-0.3, -0.25) is 0 Å². The van der Waals surface area contributed by atoms with Crippen LogP contribution in [-0.2, 0) is 17.0 Å². The molecule has 0 aromatic carbocycles.